The van der Waals surface area contributed by atoms with E-state index in [9.17, 15) is 13.2 Å². The second kappa shape index (κ2) is 10.6. The highest BCUT2D eigenvalue weighted by atomic mass is 32.2. The summed E-state index contributed by atoms with van der Waals surface area (Å²) in [6.45, 7) is 11.5. The molecule has 0 fully saturated rings. The van der Waals surface area contributed by atoms with Crippen molar-refractivity contribution in [3.8, 4) is 11.5 Å². The zero-order valence-corrected chi connectivity index (χ0v) is 21.8. The van der Waals surface area contributed by atoms with E-state index in [1.807, 2.05) is 52.0 Å². The molecule has 0 radical (unpaired) electrons. The molecule has 0 saturated heterocycles. The van der Waals surface area contributed by atoms with Crippen LogP contribution in [0.25, 0.3) is 0 Å². The van der Waals surface area contributed by atoms with Crippen LogP contribution in [0.3, 0.4) is 0 Å². The van der Waals surface area contributed by atoms with E-state index in [0.29, 0.717) is 11.3 Å². The van der Waals surface area contributed by atoms with E-state index in [4.69, 9.17) is 13.7 Å². The van der Waals surface area contributed by atoms with Crippen LogP contribution >= 0.6 is 0 Å². The molecule has 35 heavy (non-hydrogen) atoms. The molecule has 0 aliphatic rings. The van der Waals surface area contributed by atoms with Gasteiger partial charge >= 0.3 is 10.1 Å². The Kier molecular flexibility index (Phi) is 8.02. The summed E-state index contributed by atoms with van der Waals surface area (Å²) in [6, 6.07) is 12.4. The van der Waals surface area contributed by atoms with E-state index in [-0.39, 0.29) is 36.0 Å². The lowest BCUT2D eigenvalue weighted by molar-refractivity contribution is 0.287. The molecule has 0 N–H and O–H groups in total. The summed E-state index contributed by atoms with van der Waals surface area (Å²) in [6.07, 6.45) is 1.57. The summed E-state index contributed by atoms with van der Waals surface area (Å²) in [5.41, 5.74) is 2.57. The molecule has 8 nitrogen and oxygen atoms in total. The fourth-order valence-corrected chi connectivity index (χ4v) is 4.39. The SMILES string of the molecule is CCOS(=O)(=O)c1ccc(C)cc1OCc1ccc(COc2cnn(C(C)(C)C)c(=O)c2C)cc1. The minimum absolute atomic E-state index is 0.00679. The van der Waals surface area contributed by atoms with Crippen LogP contribution < -0.4 is 15.0 Å². The van der Waals surface area contributed by atoms with E-state index in [1.54, 1.807) is 32.2 Å². The maximum atomic E-state index is 12.6. The lowest BCUT2D eigenvalue weighted by Crippen LogP contribution is -2.37. The lowest BCUT2D eigenvalue weighted by atomic mass is 10.1. The van der Waals surface area contributed by atoms with Crippen molar-refractivity contribution in [3.63, 3.8) is 0 Å². The Hall–Kier alpha value is -3.17. The topological polar surface area (TPSA) is 96.7 Å². The van der Waals surface area contributed by atoms with Crippen LogP contribution in [0.5, 0.6) is 11.5 Å². The Bertz CT molecular complexity index is 1340. The zero-order chi connectivity index (χ0) is 25.8. The van der Waals surface area contributed by atoms with Gasteiger partial charge < -0.3 is 9.47 Å². The number of ether oxygens (including phenoxy) is 2. The van der Waals surface area contributed by atoms with Gasteiger partial charge in [-0.2, -0.15) is 13.5 Å². The smallest absolute Gasteiger partial charge is 0.300 e. The number of nitrogens with zero attached hydrogens (tertiary/aromatic N) is 2. The Labute approximate surface area is 206 Å². The first kappa shape index (κ1) is 26.4. The Balaban J connectivity index is 1.67. The second-order valence-electron chi connectivity index (χ2n) is 9.23. The monoisotopic (exact) mass is 500 g/mol. The van der Waals surface area contributed by atoms with E-state index in [0.717, 1.165) is 16.7 Å². The van der Waals surface area contributed by atoms with Crippen LogP contribution in [-0.4, -0.2) is 24.8 Å². The number of hydrogen-bond acceptors (Lipinski definition) is 7. The molecule has 0 aliphatic carbocycles. The highest BCUT2D eigenvalue weighted by Crippen LogP contribution is 2.27. The molecular formula is C26H32N2O6S. The Morgan fingerprint density at radius 1 is 0.914 bits per heavy atom. The third kappa shape index (κ3) is 6.49. The van der Waals surface area contributed by atoms with E-state index < -0.39 is 15.7 Å². The number of benzene rings is 2. The molecule has 0 spiro atoms. The highest BCUT2D eigenvalue weighted by Gasteiger charge is 2.21. The number of hydrogen-bond donors (Lipinski definition) is 0. The van der Waals surface area contributed by atoms with Gasteiger partial charge in [-0.3, -0.25) is 8.98 Å². The molecule has 0 unspecified atom stereocenters. The molecule has 0 amide bonds. The molecule has 9 heteroatoms. The van der Waals surface area contributed by atoms with Gasteiger partial charge in [-0.05, 0) is 70.4 Å². The number of rotatable bonds is 9. The first-order valence-electron chi connectivity index (χ1n) is 11.4. The van der Waals surface area contributed by atoms with Crippen LogP contribution in [0.1, 0.15) is 49.9 Å². The Morgan fingerprint density at radius 2 is 1.49 bits per heavy atom. The fourth-order valence-electron chi connectivity index (χ4n) is 3.35. The van der Waals surface area contributed by atoms with Gasteiger partial charge in [-0.1, -0.05) is 30.3 Å². The minimum Gasteiger partial charge on any atom is -0.487 e. The van der Waals surface area contributed by atoms with Gasteiger partial charge in [0.1, 0.15) is 29.6 Å². The molecular weight excluding hydrogens is 468 g/mol. The van der Waals surface area contributed by atoms with Crippen molar-refractivity contribution >= 4 is 10.1 Å². The lowest BCUT2D eigenvalue weighted by Gasteiger charge is -2.21. The molecule has 2 aromatic carbocycles. The molecule has 1 heterocycles. The zero-order valence-electron chi connectivity index (χ0n) is 21.0. The summed E-state index contributed by atoms with van der Waals surface area (Å²) >= 11 is 0. The van der Waals surface area contributed by atoms with Crippen molar-refractivity contribution in [3.05, 3.63) is 81.3 Å². The molecule has 0 bridgehead atoms. The largest absolute Gasteiger partial charge is 0.487 e. The van der Waals surface area contributed by atoms with Crippen molar-refractivity contribution in [2.45, 2.75) is 65.2 Å². The molecule has 188 valence electrons. The summed E-state index contributed by atoms with van der Waals surface area (Å²) in [5.74, 6) is 0.698. The number of aryl methyl sites for hydroxylation is 1. The normalized spacial score (nSPS) is 11.9. The van der Waals surface area contributed by atoms with E-state index >= 15 is 0 Å². The second-order valence-corrected chi connectivity index (χ2v) is 10.8. The summed E-state index contributed by atoms with van der Waals surface area (Å²) in [7, 11) is -3.89. The van der Waals surface area contributed by atoms with Crippen LogP contribution in [0, 0.1) is 13.8 Å². The third-order valence-corrected chi connectivity index (χ3v) is 6.68. The molecule has 0 saturated carbocycles. The van der Waals surface area contributed by atoms with Crippen molar-refractivity contribution < 1.29 is 22.1 Å². The van der Waals surface area contributed by atoms with Crippen LogP contribution in [0.15, 0.2) is 58.4 Å². The van der Waals surface area contributed by atoms with Gasteiger partial charge in [-0.25, -0.2) is 4.68 Å². The predicted molar refractivity (Wildman–Crippen MR) is 133 cm³/mol. The van der Waals surface area contributed by atoms with E-state index in [1.165, 1.54) is 10.7 Å². The van der Waals surface area contributed by atoms with Crippen molar-refractivity contribution in [2.75, 3.05) is 6.61 Å². The predicted octanol–water partition coefficient (Wildman–Crippen LogP) is 4.50. The van der Waals surface area contributed by atoms with Crippen molar-refractivity contribution in [2.24, 2.45) is 0 Å². The van der Waals surface area contributed by atoms with Gasteiger partial charge in [0.2, 0.25) is 0 Å². The standard InChI is InChI=1S/C26H32N2O6S/c1-7-34-35(30,31)24-13-8-18(2)14-22(24)32-16-20-9-11-21(12-10-20)17-33-23-15-27-28(26(4,5)6)25(29)19(23)3/h8-15H,7,16-17H2,1-6H3. The average molecular weight is 501 g/mol. The van der Waals surface area contributed by atoms with Gasteiger partial charge in [0.05, 0.1) is 23.9 Å². The maximum absolute atomic E-state index is 12.6. The van der Waals surface area contributed by atoms with Crippen LogP contribution in [0.4, 0.5) is 0 Å². The summed E-state index contributed by atoms with van der Waals surface area (Å²) < 4.78 is 42.8. The van der Waals surface area contributed by atoms with Crippen molar-refractivity contribution in [1.29, 1.82) is 0 Å². The summed E-state index contributed by atoms with van der Waals surface area (Å²) in [4.78, 5) is 12.6. The average Bonchev–Trinajstić information content (AvgIpc) is 2.78. The maximum Gasteiger partial charge on any atom is 0.300 e. The summed E-state index contributed by atoms with van der Waals surface area (Å²) in [5, 5.41) is 4.24. The van der Waals surface area contributed by atoms with Gasteiger partial charge in [0, 0.05) is 0 Å². The van der Waals surface area contributed by atoms with E-state index in [2.05, 4.69) is 5.10 Å². The van der Waals surface area contributed by atoms with Gasteiger partial charge in [-0.15, -0.1) is 0 Å². The van der Waals surface area contributed by atoms with Gasteiger partial charge in [0.25, 0.3) is 5.56 Å². The molecule has 3 aromatic rings. The molecule has 0 aliphatic heterocycles. The van der Waals surface area contributed by atoms with Gasteiger partial charge in [0.15, 0.2) is 0 Å². The molecule has 3 rings (SSSR count). The van der Waals surface area contributed by atoms with Crippen LogP contribution in [0.2, 0.25) is 0 Å². The molecule has 1 aromatic heterocycles. The molecule has 0 atom stereocenters. The minimum atomic E-state index is -3.89. The quantitative estimate of drug-likeness (QED) is 0.399. The fraction of sp³-hybridized carbons (Fsp3) is 0.385. The highest BCUT2D eigenvalue weighted by molar-refractivity contribution is 7.86. The third-order valence-electron chi connectivity index (χ3n) is 5.26. The first-order chi connectivity index (χ1) is 16.4. The van der Waals surface area contributed by atoms with Crippen molar-refractivity contribution in [1.82, 2.24) is 9.78 Å². The van der Waals surface area contributed by atoms with Crippen LogP contribution in [-0.2, 0) is 33.1 Å². The first-order valence-corrected chi connectivity index (χ1v) is 12.8. The number of aromatic nitrogens is 2. The Morgan fingerprint density at radius 3 is 2.03 bits per heavy atom.